The molecule has 0 unspecified atom stereocenters. The normalized spacial score (nSPS) is 12.3. The molecule has 3 heteroatoms. The first-order valence-electron chi connectivity index (χ1n) is 4.69. The lowest BCUT2D eigenvalue weighted by Gasteiger charge is -2.10. The van der Waals surface area contributed by atoms with E-state index in [2.05, 4.69) is 4.98 Å². The van der Waals surface area contributed by atoms with Crippen molar-refractivity contribution in [3.8, 4) is 0 Å². The van der Waals surface area contributed by atoms with E-state index in [1.54, 1.807) is 6.07 Å². The highest BCUT2D eigenvalue weighted by Crippen LogP contribution is 2.19. The largest absolute Gasteiger partial charge is 0.384 e. The summed E-state index contributed by atoms with van der Waals surface area (Å²) in [6.45, 7) is 0. The summed E-state index contributed by atoms with van der Waals surface area (Å²) in [6.07, 6.45) is 0.836. The van der Waals surface area contributed by atoms with E-state index < -0.39 is 6.10 Å². The smallest absolute Gasteiger partial charge is 0.247 e. The topological polar surface area (TPSA) is 53.1 Å². The van der Waals surface area contributed by atoms with E-state index in [4.69, 9.17) is 0 Å². The number of H-pyrrole nitrogens is 1. The molecule has 0 bridgehead atoms. The van der Waals surface area contributed by atoms with E-state index in [1.165, 1.54) is 12.3 Å². The fraction of sp³-hybridized carbons (Fsp3) is 0.0833. The van der Waals surface area contributed by atoms with E-state index in [9.17, 15) is 9.90 Å². The lowest BCUT2D eigenvalue weighted by molar-refractivity contribution is 0.220. The Morgan fingerprint density at radius 3 is 2.33 bits per heavy atom. The van der Waals surface area contributed by atoms with Crippen LogP contribution in [0.3, 0.4) is 0 Å². The fourth-order valence-electron chi connectivity index (χ4n) is 1.42. The molecule has 0 amide bonds. The van der Waals surface area contributed by atoms with Crippen molar-refractivity contribution in [2.24, 2.45) is 0 Å². The number of benzene rings is 1. The summed E-state index contributed by atoms with van der Waals surface area (Å²) in [5.41, 5.74) is 1.32. The van der Waals surface area contributed by atoms with E-state index in [0.717, 1.165) is 5.56 Å². The molecule has 0 spiro atoms. The fourth-order valence-corrected chi connectivity index (χ4v) is 1.42. The molecule has 1 atom stereocenters. The molecule has 0 aliphatic carbocycles. The van der Waals surface area contributed by atoms with Gasteiger partial charge >= 0.3 is 0 Å². The molecule has 2 rings (SSSR count). The highest BCUT2D eigenvalue weighted by atomic mass is 16.3. The van der Waals surface area contributed by atoms with E-state index in [1.807, 2.05) is 30.3 Å². The molecule has 0 radical (unpaired) electrons. The molecule has 1 aromatic carbocycles. The van der Waals surface area contributed by atoms with Crippen LogP contribution in [0.4, 0.5) is 0 Å². The van der Waals surface area contributed by atoms with Gasteiger partial charge in [0.25, 0.3) is 0 Å². The highest BCUT2D eigenvalue weighted by Gasteiger charge is 2.08. The number of aromatic nitrogens is 1. The van der Waals surface area contributed by atoms with E-state index >= 15 is 0 Å². The maximum absolute atomic E-state index is 10.8. The molecule has 0 saturated carbocycles. The summed E-state index contributed by atoms with van der Waals surface area (Å²) in [7, 11) is 0. The Morgan fingerprint density at radius 1 is 1.00 bits per heavy atom. The van der Waals surface area contributed by atoms with E-state index in [-0.39, 0.29) is 5.56 Å². The lowest BCUT2D eigenvalue weighted by atomic mass is 10.0. The van der Waals surface area contributed by atoms with Crippen LogP contribution in [0.15, 0.2) is 53.5 Å². The van der Waals surface area contributed by atoms with Crippen molar-refractivity contribution in [1.82, 2.24) is 4.98 Å². The Morgan fingerprint density at radius 2 is 1.73 bits per heavy atom. The van der Waals surface area contributed by atoms with Gasteiger partial charge in [-0.3, -0.25) is 4.79 Å². The zero-order valence-corrected chi connectivity index (χ0v) is 8.05. The van der Waals surface area contributed by atoms with Gasteiger partial charge < -0.3 is 10.1 Å². The second kappa shape index (κ2) is 4.11. The van der Waals surface area contributed by atoms with Crippen molar-refractivity contribution in [1.29, 1.82) is 0 Å². The molecule has 0 aliphatic rings. The monoisotopic (exact) mass is 201 g/mol. The van der Waals surface area contributed by atoms with Crippen LogP contribution in [0.25, 0.3) is 0 Å². The zero-order chi connectivity index (χ0) is 10.7. The number of pyridine rings is 1. The number of aromatic amines is 1. The van der Waals surface area contributed by atoms with Crippen molar-refractivity contribution in [3.05, 3.63) is 70.1 Å². The quantitative estimate of drug-likeness (QED) is 0.772. The third kappa shape index (κ3) is 2.14. The number of aliphatic hydroxyl groups is 1. The summed E-state index contributed by atoms with van der Waals surface area (Å²) in [5, 5.41) is 9.96. The number of aliphatic hydroxyl groups excluding tert-OH is 1. The van der Waals surface area contributed by atoms with Gasteiger partial charge in [-0.2, -0.15) is 0 Å². The van der Waals surface area contributed by atoms with Gasteiger partial charge in [0.2, 0.25) is 5.56 Å². The van der Waals surface area contributed by atoms with Gasteiger partial charge in [0.15, 0.2) is 0 Å². The average molecular weight is 201 g/mol. The molecule has 0 saturated heterocycles. The first-order valence-corrected chi connectivity index (χ1v) is 4.69. The molecule has 2 N–H and O–H groups in total. The summed E-state index contributed by atoms with van der Waals surface area (Å²) in [6, 6.07) is 12.3. The first kappa shape index (κ1) is 9.68. The minimum atomic E-state index is -0.692. The van der Waals surface area contributed by atoms with Crippen LogP contribution >= 0.6 is 0 Å². The Kier molecular flexibility index (Phi) is 2.65. The number of hydrogen-bond donors (Lipinski definition) is 2. The minimum Gasteiger partial charge on any atom is -0.384 e. The Balaban J connectivity index is 2.32. The Labute approximate surface area is 87.0 Å². The molecular weight excluding hydrogens is 190 g/mol. The molecule has 1 aromatic heterocycles. The molecule has 0 fully saturated rings. The van der Waals surface area contributed by atoms with E-state index in [0.29, 0.717) is 5.56 Å². The highest BCUT2D eigenvalue weighted by molar-refractivity contribution is 5.27. The summed E-state index contributed by atoms with van der Waals surface area (Å²) < 4.78 is 0. The molecular formula is C12H11NO2. The number of nitrogens with one attached hydrogen (secondary N) is 1. The second-order valence-electron chi connectivity index (χ2n) is 3.30. The van der Waals surface area contributed by atoms with Crippen molar-refractivity contribution < 1.29 is 5.11 Å². The van der Waals surface area contributed by atoms with Crippen LogP contribution in [0, 0.1) is 0 Å². The van der Waals surface area contributed by atoms with Gasteiger partial charge in [0.1, 0.15) is 6.10 Å². The summed E-state index contributed by atoms with van der Waals surface area (Å²) in [4.78, 5) is 13.4. The standard InChI is InChI=1S/C12H11NO2/c14-11-7-6-10(8-13-11)12(15)9-4-2-1-3-5-9/h1-8,12,15H,(H,13,14)/t12-/m0/s1. The van der Waals surface area contributed by atoms with Gasteiger partial charge in [-0.15, -0.1) is 0 Å². The van der Waals surface area contributed by atoms with Crippen LogP contribution in [-0.2, 0) is 0 Å². The number of hydrogen-bond acceptors (Lipinski definition) is 2. The van der Waals surface area contributed by atoms with Crippen molar-refractivity contribution in [3.63, 3.8) is 0 Å². The molecule has 0 aliphatic heterocycles. The summed E-state index contributed by atoms with van der Waals surface area (Å²) >= 11 is 0. The molecule has 76 valence electrons. The maximum atomic E-state index is 10.8. The zero-order valence-electron chi connectivity index (χ0n) is 8.05. The Bertz CT molecular complexity index is 470. The molecule has 2 aromatic rings. The lowest BCUT2D eigenvalue weighted by Crippen LogP contribution is -2.06. The predicted octanol–water partition coefficient (Wildman–Crippen LogP) is 1.46. The van der Waals surface area contributed by atoms with Gasteiger partial charge in [0, 0.05) is 17.8 Å². The first-order chi connectivity index (χ1) is 7.27. The minimum absolute atomic E-state index is 0.168. The van der Waals surface area contributed by atoms with Crippen LogP contribution in [-0.4, -0.2) is 10.1 Å². The van der Waals surface area contributed by atoms with Crippen LogP contribution in [0.1, 0.15) is 17.2 Å². The van der Waals surface area contributed by atoms with Gasteiger partial charge in [-0.05, 0) is 11.6 Å². The third-order valence-corrected chi connectivity index (χ3v) is 2.24. The van der Waals surface area contributed by atoms with Crippen molar-refractivity contribution in [2.45, 2.75) is 6.10 Å². The van der Waals surface area contributed by atoms with Crippen molar-refractivity contribution in [2.75, 3.05) is 0 Å². The molecule has 3 nitrogen and oxygen atoms in total. The second-order valence-corrected chi connectivity index (χ2v) is 3.30. The Hall–Kier alpha value is -1.87. The maximum Gasteiger partial charge on any atom is 0.247 e. The van der Waals surface area contributed by atoms with Gasteiger partial charge in [-0.1, -0.05) is 30.3 Å². The van der Waals surface area contributed by atoms with Crippen LogP contribution < -0.4 is 5.56 Å². The number of rotatable bonds is 2. The molecule has 1 heterocycles. The molecule has 15 heavy (non-hydrogen) atoms. The van der Waals surface area contributed by atoms with Crippen LogP contribution in [0.5, 0.6) is 0 Å². The predicted molar refractivity (Wildman–Crippen MR) is 57.6 cm³/mol. The van der Waals surface area contributed by atoms with Crippen molar-refractivity contribution >= 4 is 0 Å². The summed E-state index contributed by atoms with van der Waals surface area (Å²) in [5.74, 6) is 0. The van der Waals surface area contributed by atoms with Gasteiger partial charge in [0.05, 0.1) is 0 Å². The van der Waals surface area contributed by atoms with Gasteiger partial charge in [-0.25, -0.2) is 0 Å². The average Bonchev–Trinajstić information content (AvgIpc) is 2.30. The van der Waals surface area contributed by atoms with Crippen LogP contribution in [0.2, 0.25) is 0 Å². The third-order valence-electron chi connectivity index (χ3n) is 2.24. The SMILES string of the molecule is O=c1ccc([C@@H](O)c2ccccc2)c[nH]1.